The van der Waals surface area contributed by atoms with Crippen LogP contribution in [0, 0.1) is 5.41 Å². The minimum absolute atomic E-state index is 0.0369. The molecule has 0 aliphatic heterocycles. The molecule has 0 aliphatic rings. The number of hydrogen-bond donors (Lipinski definition) is 2. The number of esters is 3. The maximum atomic E-state index is 13.8. The van der Waals surface area contributed by atoms with Crippen LogP contribution < -0.4 is 19.9 Å². The number of carbonyl (C=O) groups excluding carboxylic acids is 6. The normalized spacial score (nSPS) is 11.8. The molecule has 330 valence electrons. The smallest absolute Gasteiger partial charge is 0.421 e. The number of guanidine groups is 1. The molecule has 0 bridgehead atoms. The number of hydrogen-bond acceptors (Lipinski definition) is 12. The van der Waals surface area contributed by atoms with Gasteiger partial charge in [-0.3, -0.25) is 25.1 Å². The fourth-order valence-electron chi connectivity index (χ4n) is 5.38. The number of amides is 3. The average molecular weight is 865 g/mol. The first kappa shape index (κ1) is 49.4. The second-order valence-corrected chi connectivity index (χ2v) is 18.4. The van der Waals surface area contributed by atoms with E-state index in [0.717, 1.165) is 4.90 Å². The summed E-state index contributed by atoms with van der Waals surface area (Å²) in [7, 11) is 0. The lowest BCUT2D eigenvalue weighted by Crippen LogP contribution is -2.49. The first-order valence-electron chi connectivity index (χ1n) is 19.5. The fourth-order valence-corrected chi connectivity index (χ4v) is 5.64. The van der Waals surface area contributed by atoms with Crippen molar-refractivity contribution in [1.82, 2.24) is 5.32 Å². The summed E-state index contributed by atoms with van der Waals surface area (Å²) in [5.41, 5.74) is -1.51. The predicted molar refractivity (Wildman–Crippen MR) is 231 cm³/mol. The Morgan fingerprint density at radius 3 is 1.80 bits per heavy atom. The molecule has 3 amide bonds. The number of carbonyl (C=O) groups is 6. The largest absolute Gasteiger partial charge is 0.460 e. The summed E-state index contributed by atoms with van der Waals surface area (Å²) in [5.74, 6) is -2.75. The highest BCUT2D eigenvalue weighted by Crippen LogP contribution is 2.27. The molecule has 0 radical (unpaired) electrons. The summed E-state index contributed by atoms with van der Waals surface area (Å²) < 4.78 is 27.2. The van der Waals surface area contributed by atoms with Crippen molar-refractivity contribution in [2.75, 3.05) is 16.3 Å². The highest BCUT2D eigenvalue weighted by Gasteiger charge is 2.30. The Morgan fingerprint density at radius 2 is 1.25 bits per heavy atom. The van der Waals surface area contributed by atoms with Gasteiger partial charge in [-0.1, -0.05) is 29.8 Å². The molecule has 15 nitrogen and oxygen atoms in total. The zero-order valence-corrected chi connectivity index (χ0v) is 37.7. The summed E-state index contributed by atoms with van der Waals surface area (Å²) >= 11 is 6.60. The van der Waals surface area contributed by atoms with Crippen LogP contribution >= 0.6 is 11.6 Å². The van der Waals surface area contributed by atoms with Gasteiger partial charge in [-0.05, 0) is 149 Å². The Bertz CT molecular complexity index is 2110. The van der Waals surface area contributed by atoms with E-state index < -0.39 is 64.4 Å². The molecule has 3 aromatic carbocycles. The van der Waals surface area contributed by atoms with Crippen LogP contribution in [0.3, 0.4) is 0 Å². The molecular weight excluding hydrogens is 808 g/mol. The maximum absolute atomic E-state index is 13.8. The van der Waals surface area contributed by atoms with Gasteiger partial charge in [0.15, 0.2) is 0 Å². The van der Waals surface area contributed by atoms with Crippen molar-refractivity contribution in [3.05, 3.63) is 88.4 Å². The van der Waals surface area contributed by atoms with Gasteiger partial charge >= 0.3 is 30.1 Å². The molecule has 0 aromatic heterocycles. The van der Waals surface area contributed by atoms with Crippen LogP contribution in [0.4, 0.5) is 21.0 Å². The second kappa shape index (κ2) is 20.1. The number of rotatable bonds is 11. The van der Waals surface area contributed by atoms with E-state index in [1.54, 1.807) is 113 Å². The summed E-state index contributed by atoms with van der Waals surface area (Å²) in [6.45, 7) is 20.0. The minimum Gasteiger partial charge on any atom is -0.460 e. The van der Waals surface area contributed by atoms with Gasteiger partial charge < -0.3 is 28.6 Å². The van der Waals surface area contributed by atoms with Gasteiger partial charge in [0, 0.05) is 17.1 Å². The average Bonchev–Trinajstić information content (AvgIpc) is 3.07. The van der Waals surface area contributed by atoms with Crippen molar-refractivity contribution >= 4 is 64.9 Å². The Balaban J connectivity index is 1.76. The number of nitrogens with one attached hydrogen (secondary N) is 2. The minimum atomic E-state index is -0.958. The molecule has 2 N–H and O–H groups in total. The van der Waals surface area contributed by atoms with Crippen molar-refractivity contribution in [2.24, 2.45) is 0 Å². The van der Waals surface area contributed by atoms with Crippen molar-refractivity contribution in [3.63, 3.8) is 0 Å². The van der Waals surface area contributed by atoms with E-state index >= 15 is 0 Å². The molecule has 16 heteroatoms. The topological polar surface area (TPSA) is 191 Å². The van der Waals surface area contributed by atoms with Gasteiger partial charge in [0.25, 0.3) is 0 Å². The third-order valence-corrected chi connectivity index (χ3v) is 7.97. The standard InChI is InChI=1S/C45H57ClN4O11/c1-42(2,3)58-36(52)25-28-14-13-15-32(24-28)49(27-37(53)59-43(4,5)6)35(51)23-19-29-18-22-33(26-34(29)46)57-38(54)30-16-20-31(21-17-30)50(41(56)61-45(10,11)12)39(47)48-40(55)60-44(7,8)9/h13-18,20-22,24,26H,19,23,25,27H2,1-12H3,(H2,47,48,55). The molecule has 0 unspecified atom stereocenters. The highest BCUT2D eigenvalue weighted by molar-refractivity contribution is 6.31. The van der Waals surface area contributed by atoms with Crippen LogP contribution in [0.1, 0.15) is 111 Å². The first-order chi connectivity index (χ1) is 28.0. The molecule has 3 rings (SSSR count). The van der Waals surface area contributed by atoms with E-state index in [1.165, 1.54) is 41.3 Å². The van der Waals surface area contributed by atoms with Gasteiger partial charge in [-0.2, -0.15) is 0 Å². The molecule has 0 aliphatic carbocycles. The molecule has 0 fully saturated rings. The van der Waals surface area contributed by atoms with Gasteiger partial charge in [-0.15, -0.1) is 0 Å². The van der Waals surface area contributed by atoms with Crippen molar-refractivity contribution in [3.8, 4) is 5.75 Å². The molecule has 0 atom stereocenters. The SMILES string of the molecule is CC(C)(C)OC(=O)Cc1cccc(N(CC(=O)OC(C)(C)C)C(=O)CCc2ccc(OC(=O)c3ccc(N(C(=N)NC(=O)OC(C)(C)C)C(=O)OC(C)(C)C)cc3)cc2Cl)c1. The molecule has 0 spiro atoms. The third-order valence-electron chi connectivity index (χ3n) is 7.62. The van der Waals surface area contributed by atoms with E-state index in [1.807, 2.05) is 0 Å². The van der Waals surface area contributed by atoms with Crippen molar-refractivity contribution in [1.29, 1.82) is 5.41 Å². The lowest BCUT2D eigenvalue weighted by molar-refractivity contribution is -0.154. The fraction of sp³-hybridized carbons (Fsp3) is 0.444. The molecule has 0 heterocycles. The molecule has 3 aromatic rings. The number of aryl methyl sites for hydroxylation is 1. The van der Waals surface area contributed by atoms with E-state index in [-0.39, 0.29) is 47.8 Å². The number of alkyl carbamates (subject to hydrolysis) is 1. The van der Waals surface area contributed by atoms with Gasteiger partial charge in [0.2, 0.25) is 11.9 Å². The molecule has 0 saturated carbocycles. The molecule has 61 heavy (non-hydrogen) atoms. The van der Waals surface area contributed by atoms with Crippen LogP contribution in [-0.4, -0.2) is 70.9 Å². The summed E-state index contributed by atoms with van der Waals surface area (Å²) in [6, 6.07) is 16.8. The second-order valence-electron chi connectivity index (χ2n) is 18.0. The van der Waals surface area contributed by atoms with E-state index in [9.17, 15) is 28.8 Å². The zero-order chi connectivity index (χ0) is 46.1. The van der Waals surface area contributed by atoms with Crippen LogP contribution in [0.5, 0.6) is 5.75 Å². The maximum Gasteiger partial charge on any atom is 0.421 e. The lowest BCUT2D eigenvalue weighted by Gasteiger charge is -2.28. The third kappa shape index (κ3) is 17.3. The number of nitrogens with zero attached hydrogens (tertiary/aromatic N) is 2. The summed E-state index contributed by atoms with van der Waals surface area (Å²) in [5, 5.41) is 10.9. The summed E-state index contributed by atoms with van der Waals surface area (Å²) in [4.78, 5) is 80.1. The van der Waals surface area contributed by atoms with Crippen LogP contribution in [0.25, 0.3) is 0 Å². The molecular formula is C45H57ClN4O11. The number of anilines is 2. The zero-order valence-electron chi connectivity index (χ0n) is 36.9. The molecule has 0 saturated heterocycles. The Hall–Kier alpha value is -5.96. The van der Waals surface area contributed by atoms with Crippen LogP contribution in [0.2, 0.25) is 5.02 Å². The Labute approximate surface area is 362 Å². The van der Waals surface area contributed by atoms with E-state index in [0.29, 0.717) is 16.8 Å². The van der Waals surface area contributed by atoms with Crippen molar-refractivity contribution < 1.29 is 52.5 Å². The van der Waals surface area contributed by atoms with Crippen LogP contribution in [-0.2, 0) is 46.2 Å². The number of halogens is 1. The van der Waals surface area contributed by atoms with E-state index in [2.05, 4.69) is 5.32 Å². The number of ether oxygens (including phenoxy) is 5. The quantitative estimate of drug-likeness (QED) is 0.0615. The van der Waals surface area contributed by atoms with Crippen LogP contribution in [0.15, 0.2) is 66.7 Å². The Kier molecular flexibility index (Phi) is 16.3. The van der Waals surface area contributed by atoms with Gasteiger partial charge in [0.1, 0.15) is 34.7 Å². The van der Waals surface area contributed by atoms with Gasteiger partial charge in [-0.25, -0.2) is 19.3 Å². The highest BCUT2D eigenvalue weighted by atomic mass is 35.5. The predicted octanol–water partition coefficient (Wildman–Crippen LogP) is 8.95. The monoisotopic (exact) mass is 864 g/mol. The number of benzene rings is 3. The Morgan fingerprint density at radius 1 is 0.672 bits per heavy atom. The van der Waals surface area contributed by atoms with E-state index in [4.69, 9.17) is 40.7 Å². The summed E-state index contributed by atoms with van der Waals surface area (Å²) in [6.07, 6.45) is -1.84. The first-order valence-corrected chi connectivity index (χ1v) is 19.9. The van der Waals surface area contributed by atoms with Crippen molar-refractivity contribution in [2.45, 2.75) is 125 Å². The lowest BCUT2D eigenvalue weighted by atomic mass is 10.1. The van der Waals surface area contributed by atoms with Gasteiger partial charge in [0.05, 0.1) is 17.7 Å².